The molecule has 0 saturated carbocycles. The van der Waals surface area contributed by atoms with Gasteiger partial charge in [0.1, 0.15) is 5.54 Å². The number of nitrogens with two attached hydrogens (primary N) is 1. The minimum Gasteiger partial charge on any atom is -0.314 e. The summed E-state index contributed by atoms with van der Waals surface area (Å²) in [5, 5.41) is 8.85. The molecule has 4 nitrogen and oxygen atoms in total. The zero-order valence-electron chi connectivity index (χ0n) is 10.7. The van der Waals surface area contributed by atoms with Crippen molar-refractivity contribution >= 4 is 0 Å². The maximum Gasteiger partial charge on any atom is 0.102 e. The molecule has 0 aromatic carbocycles. The molecule has 1 saturated heterocycles. The minimum absolute atomic E-state index is 0.616. The quantitative estimate of drug-likeness (QED) is 0.761. The molecular formula is C12H24N4. The van der Waals surface area contributed by atoms with E-state index in [1.165, 1.54) is 0 Å². The summed E-state index contributed by atoms with van der Waals surface area (Å²) in [4.78, 5) is 4.90. The lowest BCUT2D eigenvalue weighted by molar-refractivity contribution is 0.0849. The van der Waals surface area contributed by atoms with Crippen LogP contribution in [0, 0.1) is 11.3 Å². The van der Waals surface area contributed by atoms with Gasteiger partial charge in [0.15, 0.2) is 0 Å². The number of nitrogens with zero attached hydrogens (tertiary/aromatic N) is 3. The molecule has 1 rings (SSSR count). The van der Waals surface area contributed by atoms with Crippen LogP contribution in [0.15, 0.2) is 0 Å². The van der Waals surface area contributed by atoms with E-state index in [1.807, 2.05) is 0 Å². The van der Waals surface area contributed by atoms with Gasteiger partial charge in [0.25, 0.3) is 0 Å². The molecule has 0 amide bonds. The molecule has 0 aromatic rings. The molecule has 16 heavy (non-hydrogen) atoms. The van der Waals surface area contributed by atoms with Gasteiger partial charge in [-0.05, 0) is 26.8 Å². The highest BCUT2D eigenvalue weighted by Crippen LogP contribution is 2.11. The summed E-state index contributed by atoms with van der Waals surface area (Å²) in [6.45, 7) is 11.7. The van der Waals surface area contributed by atoms with Crippen LogP contribution in [0.25, 0.3) is 0 Å². The Labute approximate surface area is 99.0 Å². The van der Waals surface area contributed by atoms with Gasteiger partial charge in [-0.1, -0.05) is 6.92 Å². The molecule has 92 valence electrons. The summed E-state index contributed by atoms with van der Waals surface area (Å²) in [6, 6.07) is 2.77. The van der Waals surface area contributed by atoms with Crippen LogP contribution < -0.4 is 5.73 Å². The van der Waals surface area contributed by atoms with Crippen LogP contribution in [-0.4, -0.2) is 54.1 Å². The van der Waals surface area contributed by atoms with E-state index in [9.17, 15) is 0 Å². The number of hydrogen-bond donors (Lipinski definition) is 1. The second-order valence-electron chi connectivity index (χ2n) is 5.06. The standard InChI is InChI=1S/C12H24N4/c1-4-16-8-7-15(9-11(16)2)6-5-12(3,14)10-13/h11H,4-9,14H2,1-3H3. The number of hydrogen-bond acceptors (Lipinski definition) is 4. The Morgan fingerprint density at radius 3 is 2.69 bits per heavy atom. The van der Waals surface area contributed by atoms with Crippen molar-refractivity contribution in [3.63, 3.8) is 0 Å². The molecular weight excluding hydrogens is 200 g/mol. The van der Waals surface area contributed by atoms with Crippen molar-refractivity contribution in [2.75, 3.05) is 32.7 Å². The summed E-state index contributed by atoms with van der Waals surface area (Å²) in [5.41, 5.74) is 5.15. The van der Waals surface area contributed by atoms with Crippen LogP contribution in [0.4, 0.5) is 0 Å². The number of piperazine rings is 1. The Bertz CT molecular complexity index is 256. The summed E-state index contributed by atoms with van der Waals surface area (Å²) in [7, 11) is 0. The summed E-state index contributed by atoms with van der Waals surface area (Å²) in [5.74, 6) is 0. The summed E-state index contributed by atoms with van der Waals surface area (Å²) < 4.78 is 0. The molecule has 1 aliphatic heterocycles. The van der Waals surface area contributed by atoms with Crippen LogP contribution in [0.1, 0.15) is 27.2 Å². The van der Waals surface area contributed by atoms with Crippen molar-refractivity contribution in [2.24, 2.45) is 5.73 Å². The smallest absolute Gasteiger partial charge is 0.102 e. The lowest BCUT2D eigenvalue weighted by atomic mass is 10.0. The van der Waals surface area contributed by atoms with Crippen molar-refractivity contribution in [1.82, 2.24) is 9.80 Å². The van der Waals surface area contributed by atoms with E-state index in [1.54, 1.807) is 6.92 Å². The monoisotopic (exact) mass is 224 g/mol. The molecule has 2 unspecified atom stereocenters. The predicted octanol–water partition coefficient (Wildman–Crippen LogP) is 0.643. The lowest BCUT2D eigenvalue weighted by Gasteiger charge is -2.39. The maximum atomic E-state index is 8.85. The zero-order valence-corrected chi connectivity index (χ0v) is 10.7. The average Bonchev–Trinajstić information content (AvgIpc) is 2.27. The Hall–Kier alpha value is -0.630. The Morgan fingerprint density at radius 1 is 1.50 bits per heavy atom. The molecule has 0 radical (unpaired) electrons. The van der Waals surface area contributed by atoms with Crippen LogP contribution in [0.2, 0.25) is 0 Å². The summed E-state index contributed by atoms with van der Waals surface area (Å²) >= 11 is 0. The van der Waals surface area contributed by atoms with Crippen LogP contribution in [-0.2, 0) is 0 Å². The zero-order chi connectivity index (χ0) is 12.2. The fourth-order valence-electron chi connectivity index (χ4n) is 2.19. The van der Waals surface area contributed by atoms with Gasteiger partial charge in [0.2, 0.25) is 0 Å². The largest absolute Gasteiger partial charge is 0.314 e. The first-order chi connectivity index (χ1) is 7.48. The average molecular weight is 224 g/mol. The number of nitriles is 1. The van der Waals surface area contributed by atoms with Crippen molar-refractivity contribution in [3.05, 3.63) is 0 Å². The third-order valence-electron chi connectivity index (χ3n) is 3.46. The van der Waals surface area contributed by atoms with E-state index < -0.39 is 5.54 Å². The Morgan fingerprint density at radius 2 is 2.19 bits per heavy atom. The molecule has 1 fully saturated rings. The van der Waals surface area contributed by atoms with Gasteiger partial charge in [-0.25, -0.2) is 0 Å². The van der Waals surface area contributed by atoms with Gasteiger partial charge >= 0.3 is 0 Å². The topological polar surface area (TPSA) is 56.3 Å². The Balaban J connectivity index is 2.34. The minimum atomic E-state index is -0.675. The van der Waals surface area contributed by atoms with Crippen molar-refractivity contribution in [2.45, 2.75) is 38.8 Å². The van der Waals surface area contributed by atoms with E-state index in [0.717, 1.165) is 39.1 Å². The van der Waals surface area contributed by atoms with E-state index in [4.69, 9.17) is 11.0 Å². The Kier molecular flexibility index (Phi) is 4.72. The fraction of sp³-hybridized carbons (Fsp3) is 0.917. The number of rotatable bonds is 4. The predicted molar refractivity (Wildman–Crippen MR) is 66.0 cm³/mol. The second-order valence-corrected chi connectivity index (χ2v) is 5.06. The first kappa shape index (κ1) is 13.4. The van der Waals surface area contributed by atoms with Crippen LogP contribution in [0.5, 0.6) is 0 Å². The highest BCUT2D eigenvalue weighted by molar-refractivity contribution is 5.01. The molecule has 2 N–H and O–H groups in total. The highest BCUT2D eigenvalue weighted by Gasteiger charge is 2.24. The highest BCUT2D eigenvalue weighted by atomic mass is 15.3. The van der Waals surface area contributed by atoms with Gasteiger partial charge in [-0.2, -0.15) is 5.26 Å². The molecule has 0 aromatic heterocycles. The van der Waals surface area contributed by atoms with Crippen LogP contribution in [0.3, 0.4) is 0 Å². The first-order valence-electron chi connectivity index (χ1n) is 6.15. The second kappa shape index (κ2) is 5.62. The molecule has 0 bridgehead atoms. The molecule has 0 spiro atoms. The third kappa shape index (κ3) is 3.75. The maximum absolute atomic E-state index is 8.85. The fourth-order valence-corrected chi connectivity index (χ4v) is 2.19. The SMILES string of the molecule is CCN1CCN(CCC(C)(N)C#N)CC1C. The molecule has 1 aliphatic rings. The molecule has 1 heterocycles. The van der Waals surface area contributed by atoms with E-state index >= 15 is 0 Å². The van der Waals surface area contributed by atoms with Gasteiger partial charge < -0.3 is 10.6 Å². The normalized spacial score (nSPS) is 27.3. The van der Waals surface area contributed by atoms with Gasteiger partial charge in [0, 0.05) is 32.2 Å². The van der Waals surface area contributed by atoms with E-state index in [0.29, 0.717) is 6.04 Å². The van der Waals surface area contributed by atoms with Crippen molar-refractivity contribution < 1.29 is 0 Å². The first-order valence-corrected chi connectivity index (χ1v) is 6.15. The molecule has 0 aliphatic carbocycles. The van der Waals surface area contributed by atoms with Gasteiger partial charge in [-0.15, -0.1) is 0 Å². The summed E-state index contributed by atoms with van der Waals surface area (Å²) in [6.07, 6.45) is 0.752. The van der Waals surface area contributed by atoms with Crippen LogP contribution >= 0.6 is 0 Å². The van der Waals surface area contributed by atoms with E-state index in [-0.39, 0.29) is 0 Å². The third-order valence-corrected chi connectivity index (χ3v) is 3.46. The van der Waals surface area contributed by atoms with Gasteiger partial charge in [0.05, 0.1) is 6.07 Å². The van der Waals surface area contributed by atoms with Crippen molar-refractivity contribution in [3.8, 4) is 6.07 Å². The number of likely N-dealkylation sites (N-methyl/N-ethyl adjacent to an activating group) is 1. The molecule has 4 heteroatoms. The van der Waals surface area contributed by atoms with E-state index in [2.05, 4.69) is 29.7 Å². The molecule has 2 atom stereocenters. The van der Waals surface area contributed by atoms with Gasteiger partial charge in [-0.3, -0.25) is 4.90 Å². The lowest BCUT2D eigenvalue weighted by Crippen LogP contribution is -2.52. The van der Waals surface area contributed by atoms with Crippen molar-refractivity contribution in [1.29, 1.82) is 5.26 Å².